The second-order valence-electron chi connectivity index (χ2n) is 7.45. The molecule has 2 aromatic carbocycles. The third kappa shape index (κ3) is 4.67. The monoisotopic (exact) mass is 398 g/mol. The van der Waals surface area contributed by atoms with Crippen LogP contribution in [-0.2, 0) is 16.1 Å². The summed E-state index contributed by atoms with van der Waals surface area (Å²) in [5.74, 6) is 0.765. The summed E-state index contributed by atoms with van der Waals surface area (Å²) in [5, 5.41) is 5.84. The molecule has 1 saturated carbocycles. The maximum absolute atomic E-state index is 12.9. The largest absolute Gasteiger partial charge is 0.454 e. The Balaban J connectivity index is 1.23. The van der Waals surface area contributed by atoms with Gasteiger partial charge in [0.05, 0.1) is 0 Å². The smallest absolute Gasteiger partial charge is 0.231 e. The van der Waals surface area contributed by atoms with Crippen molar-refractivity contribution >= 4 is 17.5 Å². The number of carbonyl (C=O) groups is 2. The second-order valence-corrected chi connectivity index (χ2v) is 7.45. The molecule has 1 aliphatic carbocycles. The number of nitrogens with one attached hydrogen (secondary N) is 2. The number of ether oxygens (including phenoxy) is 2. The molecule has 2 amide bonds. The average molecular weight is 398 g/mol. The normalized spacial score (nSPS) is 20.2. The number of benzene rings is 2. The van der Waals surface area contributed by atoms with E-state index in [1.807, 2.05) is 0 Å². The molecule has 2 aromatic rings. The van der Waals surface area contributed by atoms with Gasteiger partial charge in [-0.15, -0.1) is 0 Å². The van der Waals surface area contributed by atoms with Gasteiger partial charge in [0, 0.05) is 30.1 Å². The molecule has 152 valence electrons. The molecule has 0 radical (unpaired) electrons. The van der Waals surface area contributed by atoms with Crippen molar-refractivity contribution in [3.05, 3.63) is 53.8 Å². The maximum atomic E-state index is 12.9. The van der Waals surface area contributed by atoms with Gasteiger partial charge in [-0.1, -0.05) is 12.1 Å². The molecule has 1 heterocycles. The minimum atomic E-state index is -0.294. The minimum Gasteiger partial charge on any atom is -0.454 e. The van der Waals surface area contributed by atoms with E-state index in [1.165, 1.54) is 12.1 Å². The van der Waals surface area contributed by atoms with Crippen LogP contribution in [0.15, 0.2) is 42.5 Å². The minimum absolute atomic E-state index is 0.0102. The van der Waals surface area contributed by atoms with E-state index >= 15 is 0 Å². The molecular formula is C22H23FN2O4. The lowest BCUT2D eigenvalue weighted by Gasteiger charge is -2.27. The Kier molecular flexibility index (Phi) is 5.64. The van der Waals surface area contributed by atoms with Gasteiger partial charge in [-0.25, -0.2) is 4.39 Å². The van der Waals surface area contributed by atoms with Crippen LogP contribution in [0, 0.1) is 17.7 Å². The molecule has 2 N–H and O–H groups in total. The third-order valence-electron chi connectivity index (χ3n) is 5.49. The molecule has 0 spiro atoms. The predicted octanol–water partition coefficient (Wildman–Crippen LogP) is 3.62. The highest BCUT2D eigenvalue weighted by Crippen LogP contribution is 2.35. The van der Waals surface area contributed by atoms with Gasteiger partial charge in [-0.2, -0.15) is 0 Å². The van der Waals surface area contributed by atoms with Gasteiger partial charge in [-0.3, -0.25) is 9.59 Å². The number of rotatable bonds is 5. The fraction of sp³-hybridized carbons (Fsp3) is 0.364. The lowest BCUT2D eigenvalue weighted by molar-refractivity contribution is -0.128. The molecule has 0 saturated heterocycles. The van der Waals surface area contributed by atoms with Crippen LogP contribution in [0.4, 0.5) is 10.1 Å². The predicted molar refractivity (Wildman–Crippen MR) is 105 cm³/mol. The van der Waals surface area contributed by atoms with Gasteiger partial charge in [0.1, 0.15) is 5.82 Å². The summed E-state index contributed by atoms with van der Waals surface area (Å²) in [7, 11) is 0. The molecular weight excluding hydrogens is 375 g/mol. The van der Waals surface area contributed by atoms with Crippen molar-refractivity contribution in [3.63, 3.8) is 0 Å². The van der Waals surface area contributed by atoms with E-state index in [0.717, 1.165) is 5.56 Å². The third-order valence-corrected chi connectivity index (χ3v) is 5.49. The summed E-state index contributed by atoms with van der Waals surface area (Å²) < 4.78 is 23.5. The van der Waals surface area contributed by atoms with Crippen molar-refractivity contribution in [2.75, 3.05) is 12.1 Å². The first-order valence-corrected chi connectivity index (χ1v) is 9.81. The molecule has 1 fully saturated rings. The summed E-state index contributed by atoms with van der Waals surface area (Å²) in [5.41, 5.74) is 1.54. The van der Waals surface area contributed by atoms with E-state index in [2.05, 4.69) is 10.6 Å². The Morgan fingerprint density at radius 2 is 1.55 bits per heavy atom. The maximum Gasteiger partial charge on any atom is 0.231 e. The first-order valence-electron chi connectivity index (χ1n) is 9.81. The van der Waals surface area contributed by atoms with Gasteiger partial charge < -0.3 is 20.1 Å². The Morgan fingerprint density at radius 3 is 2.28 bits per heavy atom. The van der Waals surface area contributed by atoms with Gasteiger partial charge in [0.25, 0.3) is 0 Å². The van der Waals surface area contributed by atoms with Gasteiger partial charge in [0.2, 0.25) is 18.6 Å². The molecule has 4 rings (SSSR count). The number of fused-ring (bicyclic) bond motifs is 1. The molecule has 0 aromatic heterocycles. The topological polar surface area (TPSA) is 76.7 Å². The van der Waals surface area contributed by atoms with Crippen molar-refractivity contribution in [1.29, 1.82) is 0 Å². The van der Waals surface area contributed by atoms with Crippen LogP contribution in [0.3, 0.4) is 0 Å². The summed E-state index contributed by atoms with van der Waals surface area (Å²) >= 11 is 0. The SMILES string of the molecule is O=C(NCc1ccc(F)cc1)C1CCC(C(=O)Nc2ccc3c(c2)OCO3)CC1. The molecule has 0 bridgehead atoms. The molecule has 1 aliphatic heterocycles. The number of carbonyl (C=O) groups excluding carboxylic acids is 2. The number of anilines is 1. The fourth-order valence-electron chi connectivity index (χ4n) is 3.77. The Morgan fingerprint density at radius 1 is 0.897 bits per heavy atom. The first-order chi connectivity index (χ1) is 14.1. The van der Waals surface area contributed by atoms with Crippen LogP contribution < -0.4 is 20.1 Å². The van der Waals surface area contributed by atoms with Crippen LogP contribution in [0.5, 0.6) is 11.5 Å². The van der Waals surface area contributed by atoms with E-state index in [1.54, 1.807) is 30.3 Å². The Hall–Kier alpha value is -3.09. The zero-order valence-electron chi connectivity index (χ0n) is 15.9. The zero-order valence-corrected chi connectivity index (χ0v) is 15.9. The number of halogens is 1. The van der Waals surface area contributed by atoms with Crippen LogP contribution in [0.1, 0.15) is 31.2 Å². The van der Waals surface area contributed by atoms with E-state index in [4.69, 9.17) is 9.47 Å². The second kappa shape index (κ2) is 8.51. The van der Waals surface area contributed by atoms with Gasteiger partial charge in [-0.05, 0) is 55.5 Å². The fourth-order valence-corrected chi connectivity index (χ4v) is 3.77. The number of amides is 2. The van der Waals surface area contributed by atoms with E-state index in [0.29, 0.717) is 49.4 Å². The Labute approximate surface area is 168 Å². The van der Waals surface area contributed by atoms with Crippen LogP contribution >= 0.6 is 0 Å². The molecule has 6 nitrogen and oxygen atoms in total. The number of hydrogen-bond acceptors (Lipinski definition) is 4. The summed E-state index contributed by atoms with van der Waals surface area (Å²) in [6, 6.07) is 11.4. The van der Waals surface area contributed by atoms with Crippen LogP contribution in [0.2, 0.25) is 0 Å². The van der Waals surface area contributed by atoms with E-state index in [9.17, 15) is 14.0 Å². The standard InChI is InChI=1S/C22H23FN2O4/c23-17-7-1-14(2-8-17)12-24-21(26)15-3-5-16(6-4-15)22(27)25-18-9-10-19-20(11-18)29-13-28-19/h1-2,7-11,15-16H,3-6,12-13H2,(H,24,26)(H,25,27). The van der Waals surface area contributed by atoms with E-state index < -0.39 is 0 Å². The van der Waals surface area contributed by atoms with Gasteiger partial charge in [0.15, 0.2) is 11.5 Å². The van der Waals surface area contributed by atoms with Crippen molar-refractivity contribution < 1.29 is 23.5 Å². The molecule has 29 heavy (non-hydrogen) atoms. The quantitative estimate of drug-likeness (QED) is 0.807. The molecule has 0 atom stereocenters. The van der Waals surface area contributed by atoms with Crippen molar-refractivity contribution in [2.45, 2.75) is 32.2 Å². The Bertz CT molecular complexity index is 892. The lowest BCUT2D eigenvalue weighted by Crippen LogP contribution is -2.35. The van der Waals surface area contributed by atoms with Crippen molar-refractivity contribution in [1.82, 2.24) is 5.32 Å². The zero-order chi connectivity index (χ0) is 20.2. The lowest BCUT2D eigenvalue weighted by atomic mass is 9.81. The summed E-state index contributed by atoms with van der Waals surface area (Å²) in [6.45, 7) is 0.573. The van der Waals surface area contributed by atoms with Gasteiger partial charge >= 0.3 is 0 Å². The van der Waals surface area contributed by atoms with Crippen LogP contribution in [-0.4, -0.2) is 18.6 Å². The van der Waals surface area contributed by atoms with Crippen molar-refractivity contribution in [3.8, 4) is 11.5 Å². The molecule has 2 aliphatic rings. The molecule has 7 heteroatoms. The van der Waals surface area contributed by atoms with E-state index in [-0.39, 0.29) is 36.3 Å². The highest BCUT2D eigenvalue weighted by Gasteiger charge is 2.30. The van der Waals surface area contributed by atoms with Crippen molar-refractivity contribution in [2.24, 2.45) is 11.8 Å². The first kappa shape index (κ1) is 19.2. The highest BCUT2D eigenvalue weighted by atomic mass is 19.1. The van der Waals surface area contributed by atoms with Crippen LogP contribution in [0.25, 0.3) is 0 Å². The number of hydrogen-bond donors (Lipinski definition) is 2. The summed E-state index contributed by atoms with van der Waals surface area (Å²) in [6.07, 6.45) is 2.69. The summed E-state index contributed by atoms with van der Waals surface area (Å²) in [4.78, 5) is 25.0. The average Bonchev–Trinajstić information content (AvgIpc) is 3.21. The molecule has 0 unspecified atom stereocenters. The highest BCUT2D eigenvalue weighted by molar-refractivity contribution is 5.93.